The van der Waals surface area contributed by atoms with E-state index in [-0.39, 0.29) is 29.8 Å². The normalized spacial score (nSPS) is 11.1. The lowest BCUT2D eigenvalue weighted by molar-refractivity contribution is 0.281. The molecule has 0 spiro atoms. The van der Waals surface area contributed by atoms with Crippen LogP contribution in [0.3, 0.4) is 0 Å². The lowest BCUT2D eigenvalue weighted by Gasteiger charge is -2.22. The number of hydrogen-bond donors (Lipinski definition) is 1. The van der Waals surface area contributed by atoms with Gasteiger partial charge in [-0.1, -0.05) is 0 Å². The van der Waals surface area contributed by atoms with Gasteiger partial charge in [-0.2, -0.15) is 0 Å². The Bertz CT molecular complexity index is 721. The average molecular weight is 506 g/mol. The fourth-order valence-corrected chi connectivity index (χ4v) is 3.40. The summed E-state index contributed by atoms with van der Waals surface area (Å²) in [5, 5.41) is 4.40. The Morgan fingerprint density at radius 1 is 1.30 bits per heavy atom. The molecule has 0 aliphatic carbocycles. The van der Waals surface area contributed by atoms with E-state index in [1.807, 2.05) is 25.8 Å². The number of guanidine groups is 1. The first-order chi connectivity index (χ1) is 12.5. The van der Waals surface area contributed by atoms with Crippen molar-refractivity contribution in [1.82, 2.24) is 15.2 Å². The molecule has 0 unspecified atom stereocenters. The molecule has 0 bridgehead atoms. The van der Waals surface area contributed by atoms with Gasteiger partial charge in [-0.25, -0.2) is 9.37 Å². The van der Waals surface area contributed by atoms with Gasteiger partial charge in [-0.3, -0.25) is 4.99 Å². The lowest BCUT2D eigenvalue weighted by Crippen LogP contribution is -2.41. The van der Waals surface area contributed by atoms with Crippen LogP contribution < -0.4 is 10.1 Å². The van der Waals surface area contributed by atoms with E-state index >= 15 is 0 Å². The number of likely N-dealkylation sites (N-methyl/N-ethyl adjacent to an activating group) is 1. The first-order valence-electron chi connectivity index (χ1n) is 8.80. The van der Waals surface area contributed by atoms with E-state index in [0.29, 0.717) is 25.4 Å². The van der Waals surface area contributed by atoms with Crippen LogP contribution in [0.2, 0.25) is 0 Å². The summed E-state index contributed by atoms with van der Waals surface area (Å²) in [7, 11) is 1.98. The molecule has 1 heterocycles. The predicted molar refractivity (Wildman–Crippen MR) is 121 cm³/mol. The van der Waals surface area contributed by atoms with Gasteiger partial charge in [0.1, 0.15) is 18.2 Å². The second kappa shape index (κ2) is 12.1. The van der Waals surface area contributed by atoms with Gasteiger partial charge >= 0.3 is 0 Å². The van der Waals surface area contributed by atoms with Crippen LogP contribution in [0.5, 0.6) is 5.75 Å². The number of rotatable bonds is 8. The second-order valence-electron chi connectivity index (χ2n) is 5.95. The summed E-state index contributed by atoms with van der Waals surface area (Å²) in [6.07, 6.45) is 0.895. The highest BCUT2D eigenvalue weighted by atomic mass is 127. The number of benzene rings is 1. The lowest BCUT2D eigenvalue weighted by atomic mass is 10.3. The third kappa shape index (κ3) is 8.00. The van der Waals surface area contributed by atoms with Crippen LogP contribution in [-0.4, -0.2) is 49.1 Å². The fraction of sp³-hybridized carbons (Fsp3) is 0.474. The van der Waals surface area contributed by atoms with E-state index in [1.54, 1.807) is 23.5 Å². The summed E-state index contributed by atoms with van der Waals surface area (Å²) in [5.41, 5.74) is 1.11. The monoisotopic (exact) mass is 506 g/mol. The van der Waals surface area contributed by atoms with Gasteiger partial charge in [-0.05, 0) is 45.0 Å². The zero-order valence-corrected chi connectivity index (χ0v) is 19.4. The zero-order valence-electron chi connectivity index (χ0n) is 16.3. The number of halogens is 2. The van der Waals surface area contributed by atoms with Crippen molar-refractivity contribution in [2.24, 2.45) is 4.99 Å². The van der Waals surface area contributed by atoms with Crippen LogP contribution in [0.1, 0.15) is 22.5 Å². The molecule has 2 rings (SSSR count). The third-order valence-electron chi connectivity index (χ3n) is 3.81. The van der Waals surface area contributed by atoms with Crippen LogP contribution in [-0.2, 0) is 6.42 Å². The molecule has 0 amide bonds. The van der Waals surface area contributed by atoms with Crippen LogP contribution in [0.15, 0.2) is 29.3 Å². The Labute approximate surface area is 182 Å². The molecule has 0 radical (unpaired) electrons. The molecule has 0 fully saturated rings. The topological polar surface area (TPSA) is 49.8 Å². The van der Waals surface area contributed by atoms with Gasteiger partial charge in [0.25, 0.3) is 0 Å². The van der Waals surface area contributed by atoms with Crippen LogP contribution in [0, 0.1) is 19.7 Å². The van der Waals surface area contributed by atoms with Crippen LogP contribution in [0.4, 0.5) is 4.39 Å². The SMILES string of the molecule is CCNC(=NCCc1sc(C)nc1C)N(C)CCOc1ccc(F)cc1.I. The summed E-state index contributed by atoms with van der Waals surface area (Å²) < 4.78 is 18.6. The first-order valence-corrected chi connectivity index (χ1v) is 9.62. The molecule has 0 saturated heterocycles. The van der Waals surface area contributed by atoms with E-state index in [1.165, 1.54) is 17.0 Å². The largest absolute Gasteiger partial charge is 0.492 e. The molecule has 8 heteroatoms. The molecule has 0 atom stereocenters. The van der Waals surface area contributed by atoms with Gasteiger partial charge in [0.2, 0.25) is 0 Å². The molecule has 1 aromatic heterocycles. The van der Waals surface area contributed by atoms with Crippen molar-refractivity contribution in [2.45, 2.75) is 27.2 Å². The highest BCUT2D eigenvalue weighted by Gasteiger charge is 2.07. The summed E-state index contributed by atoms with van der Waals surface area (Å²) in [6.45, 7) is 8.83. The van der Waals surface area contributed by atoms with Crippen LogP contribution >= 0.6 is 35.3 Å². The number of thiazole rings is 1. The van der Waals surface area contributed by atoms with Crippen molar-refractivity contribution in [3.63, 3.8) is 0 Å². The smallest absolute Gasteiger partial charge is 0.193 e. The van der Waals surface area contributed by atoms with Crippen molar-refractivity contribution >= 4 is 41.3 Å². The minimum atomic E-state index is -0.262. The Kier molecular flexibility index (Phi) is 10.6. The standard InChI is InChI=1S/C19H27FN4OS.HI/c1-5-21-19(22-11-10-18-14(2)23-15(3)26-18)24(4)12-13-25-17-8-6-16(20)7-9-17;/h6-9H,5,10-13H2,1-4H3,(H,21,22);1H. The minimum Gasteiger partial charge on any atom is -0.492 e. The quantitative estimate of drug-likeness (QED) is 0.334. The summed E-state index contributed by atoms with van der Waals surface area (Å²) in [6, 6.07) is 6.06. The zero-order chi connectivity index (χ0) is 18.9. The molecule has 150 valence electrons. The minimum absolute atomic E-state index is 0. The van der Waals surface area contributed by atoms with E-state index in [9.17, 15) is 4.39 Å². The van der Waals surface area contributed by atoms with E-state index in [4.69, 9.17) is 9.73 Å². The molecule has 1 aromatic carbocycles. The fourth-order valence-electron chi connectivity index (χ4n) is 2.48. The first kappa shape index (κ1) is 23.6. The van der Waals surface area contributed by atoms with E-state index in [0.717, 1.165) is 29.6 Å². The van der Waals surface area contributed by atoms with E-state index < -0.39 is 0 Å². The van der Waals surface area contributed by atoms with Crippen molar-refractivity contribution in [3.05, 3.63) is 45.7 Å². The number of aryl methyl sites for hydroxylation is 2. The number of aliphatic imine (C=N–C) groups is 1. The number of hydrogen-bond acceptors (Lipinski definition) is 4. The number of nitrogens with one attached hydrogen (secondary N) is 1. The Hall–Kier alpha value is -1.42. The molecule has 0 aliphatic heterocycles. The molecule has 0 aliphatic rings. The Morgan fingerprint density at radius 3 is 2.59 bits per heavy atom. The van der Waals surface area contributed by atoms with Gasteiger partial charge in [-0.15, -0.1) is 35.3 Å². The summed E-state index contributed by atoms with van der Waals surface area (Å²) in [4.78, 5) is 12.5. The molecule has 5 nitrogen and oxygen atoms in total. The van der Waals surface area contributed by atoms with Crippen LogP contribution in [0.25, 0.3) is 0 Å². The van der Waals surface area contributed by atoms with Gasteiger partial charge in [0, 0.05) is 31.4 Å². The summed E-state index contributed by atoms with van der Waals surface area (Å²) in [5.74, 6) is 1.26. The molecular weight excluding hydrogens is 478 g/mol. The summed E-state index contributed by atoms with van der Waals surface area (Å²) >= 11 is 1.74. The maximum atomic E-state index is 12.9. The predicted octanol–water partition coefficient (Wildman–Crippen LogP) is 4.04. The van der Waals surface area contributed by atoms with Crippen molar-refractivity contribution in [1.29, 1.82) is 0 Å². The number of nitrogens with zero attached hydrogens (tertiary/aromatic N) is 3. The van der Waals surface area contributed by atoms with Crippen molar-refractivity contribution in [2.75, 3.05) is 33.3 Å². The molecule has 27 heavy (non-hydrogen) atoms. The molecule has 0 saturated carbocycles. The second-order valence-corrected chi connectivity index (χ2v) is 7.24. The third-order valence-corrected chi connectivity index (χ3v) is 4.94. The number of ether oxygens (including phenoxy) is 1. The molecule has 2 aromatic rings. The average Bonchev–Trinajstić information content (AvgIpc) is 2.93. The highest BCUT2D eigenvalue weighted by Crippen LogP contribution is 2.17. The highest BCUT2D eigenvalue weighted by molar-refractivity contribution is 14.0. The van der Waals surface area contributed by atoms with Gasteiger partial charge in [0.15, 0.2) is 5.96 Å². The van der Waals surface area contributed by atoms with Gasteiger partial charge in [0.05, 0.1) is 17.2 Å². The maximum absolute atomic E-state index is 12.9. The maximum Gasteiger partial charge on any atom is 0.193 e. The Balaban J connectivity index is 0.00000364. The molecular formula is C19H28FIN4OS. The Morgan fingerprint density at radius 2 is 2.00 bits per heavy atom. The van der Waals surface area contributed by atoms with Crippen molar-refractivity contribution < 1.29 is 9.13 Å². The van der Waals surface area contributed by atoms with E-state index in [2.05, 4.69) is 17.2 Å². The van der Waals surface area contributed by atoms with Crippen molar-refractivity contribution in [3.8, 4) is 5.75 Å². The van der Waals surface area contributed by atoms with Gasteiger partial charge < -0.3 is 15.0 Å². The number of aromatic nitrogens is 1. The molecule has 1 N–H and O–H groups in total.